The van der Waals surface area contributed by atoms with Gasteiger partial charge in [0.2, 0.25) is 17.7 Å². The number of likely N-dealkylation sites (tertiary alicyclic amines) is 1. The number of aliphatic hydroxyl groups is 1. The fourth-order valence-corrected chi connectivity index (χ4v) is 7.67. The monoisotopic (exact) mass is 545 g/mol. The first-order chi connectivity index (χ1) is 18.1. The number of carbonyl (C=O) groups is 3. The number of carbonyl (C=O) groups excluding carboxylic acids is 3. The molecule has 3 rings (SSSR count). The Bertz CT molecular complexity index is 972. The van der Waals surface area contributed by atoms with Crippen molar-refractivity contribution in [3.63, 3.8) is 0 Å². The minimum atomic E-state index is -1.10. The van der Waals surface area contributed by atoms with Crippen LogP contribution < -0.4 is 0 Å². The molecule has 3 saturated heterocycles. The summed E-state index contributed by atoms with van der Waals surface area (Å²) in [6, 6.07) is -1.48. The molecule has 0 aromatic rings. The van der Waals surface area contributed by atoms with Gasteiger partial charge in [-0.05, 0) is 44.4 Å². The van der Waals surface area contributed by atoms with Crippen LogP contribution in [0.3, 0.4) is 0 Å². The van der Waals surface area contributed by atoms with Crippen LogP contribution >= 0.6 is 0 Å². The van der Waals surface area contributed by atoms with Gasteiger partial charge in [-0.25, -0.2) is 0 Å². The number of aliphatic hydroxyl groups excluding tert-OH is 1. The number of rotatable bonds is 12. The molecule has 3 aliphatic rings. The molecule has 0 aliphatic carbocycles. The van der Waals surface area contributed by atoms with Crippen LogP contribution in [0.1, 0.15) is 74.1 Å². The summed E-state index contributed by atoms with van der Waals surface area (Å²) < 4.78 is 6.64. The third-order valence-corrected chi connectivity index (χ3v) is 9.15. The topological polar surface area (TPSA) is 90.4 Å². The molecule has 1 spiro atoms. The molecule has 3 fully saturated rings. The number of fused-ring (bicyclic) bond motifs is 1. The van der Waals surface area contributed by atoms with E-state index >= 15 is 0 Å². The van der Waals surface area contributed by atoms with Crippen molar-refractivity contribution in [2.24, 2.45) is 23.2 Å². The number of ether oxygens (including phenoxy) is 1. The smallest absolute Gasteiger partial charge is 0.249 e. The van der Waals surface area contributed by atoms with Gasteiger partial charge in [-0.1, -0.05) is 53.2 Å². The molecule has 3 aliphatic heterocycles. The van der Waals surface area contributed by atoms with E-state index in [1.807, 2.05) is 18.7 Å². The molecule has 0 radical (unpaired) electrons. The Labute approximate surface area is 235 Å². The molecule has 0 saturated carbocycles. The van der Waals surface area contributed by atoms with Gasteiger partial charge in [0.15, 0.2) is 0 Å². The first kappa shape index (κ1) is 31.3. The number of amides is 3. The molecule has 2 bridgehead atoms. The van der Waals surface area contributed by atoms with Crippen LogP contribution in [0.4, 0.5) is 0 Å². The lowest BCUT2D eigenvalue weighted by Crippen LogP contribution is -2.63. The van der Waals surface area contributed by atoms with Gasteiger partial charge < -0.3 is 24.5 Å². The molecule has 1 N–H and O–H groups in total. The second-order valence-electron chi connectivity index (χ2n) is 13.7. The van der Waals surface area contributed by atoms with E-state index in [2.05, 4.69) is 47.8 Å². The van der Waals surface area contributed by atoms with Gasteiger partial charge in [0.1, 0.15) is 11.6 Å². The standard InChI is InChI=1S/C31H51N3O5/c1-11-16-32(10)26(36)23-22-14-15-31(39-22)24(23)27(37)34(21(18-35)20(4)13-3)25(31)28(38)33(17-12-2)30(8,9)19-29(5,6)7/h11-12,20-25,35H,1-2,13-19H2,3-10H3/t20-,21-,22+,23-,24-,25?,31?/m0/s1. The molecule has 8 heteroatoms. The zero-order chi connectivity index (χ0) is 29.5. The molecule has 0 aromatic heterocycles. The maximum atomic E-state index is 14.8. The lowest BCUT2D eigenvalue weighted by Gasteiger charge is -2.47. The summed E-state index contributed by atoms with van der Waals surface area (Å²) in [7, 11) is 1.71. The van der Waals surface area contributed by atoms with Crippen LogP contribution in [-0.4, -0.2) is 93.6 Å². The molecule has 7 atom stereocenters. The number of hydrogen-bond donors (Lipinski definition) is 1. The maximum absolute atomic E-state index is 14.8. The van der Waals surface area contributed by atoms with E-state index in [0.717, 1.165) is 12.8 Å². The minimum Gasteiger partial charge on any atom is -0.394 e. The first-order valence-electron chi connectivity index (χ1n) is 14.5. The molecule has 0 aromatic carbocycles. The fourth-order valence-electron chi connectivity index (χ4n) is 7.67. The van der Waals surface area contributed by atoms with Crippen LogP contribution in [0.25, 0.3) is 0 Å². The van der Waals surface area contributed by atoms with Crippen molar-refractivity contribution in [3.05, 3.63) is 25.3 Å². The third kappa shape index (κ3) is 5.43. The highest BCUT2D eigenvalue weighted by atomic mass is 16.5. The Morgan fingerprint density at radius 2 is 1.79 bits per heavy atom. The van der Waals surface area contributed by atoms with Crippen LogP contribution in [0, 0.1) is 23.2 Å². The molecule has 39 heavy (non-hydrogen) atoms. The summed E-state index contributed by atoms with van der Waals surface area (Å²) in [5, 5.41) is 10.6. The highest BCUT2D eigenvalue weighted by molar-refractivity contribution is 5.99. The highest BCUT2D eigenvalue weighted by Gasteiger charge is 2.75. The second kappa shape index (κ2) is 11.4. The van der Waals surface area contributed by atoms with Crippen LogP contribution in [-0.2, 0) is 19.1 Å². The normalized spacial score (nSPS) is 29.7. The summed E-state index contributed by atoms with van der Waals surface area (Å²) in [5.74, 6) is -2.09. The molecule has 220 valence electrons. The van der Waals surface area contributed by atoms with Crippen molar-refractivity contribution in [1.29, 1.82) is 0 Å². The second-order valence-corrected chi connectivity index (χ2v) is 13.7. The lowest BCUT2D eigenvalue weighted by atomic mass is 9.70. The molecule has 8 nitrogen and oxygen atoms in total. The van der Waals surface area contributed by atoms with Crippen LogP contribution in [0.5, 0.6) is 0 Å². The van der Waals surface area contributed by atoms with Gasteiger partial charge in [-0.2, -0.15) is 0 Å². The quantitative estimate of drug-likeness (QED) is 0.378. The summed E-state index contributed by atoms with van der Waals surface area (Å²) in [6.45, 7) is 22.6. The van der Waals surface area contributed by atoms with E-state index in [0.29, 0.717) is 25.9 Å². The van der Waals surface area contributed by atoms with Crippen LogP contribution in [0.15, 0.2) is 25.3 Å². The minimum absolute atomic E-state index is 0.0465. The van der Waals surface area contributed by atoms with Crippen molar-refractivity contribution >= 4 is 17.7 Å². The Kier molecular flexibility index (Phi) is 9.13. The average Bonchev–Trinajstić information content (AvgIpc) is 3.48. The van der Waals surface area contributed by atoms with Gasteiger partial charge in [0, 0.05) is 25.7 Å². The SMILES string of the molecule is C=CCN(C)C(=O)[C@@H]1[C@H]2C(=O)N([C@@H](CO)[C@@H](C)CC)C(C(=O)N(CC=C)C(C)(C)CC(C)(C)C)C23CC[C@H]1O3. The van der Waals surface area contributed by atoms with Gasteiger partial charge in [-0.3, -0.25) is 14.4 Å². The van der Waals surface area contributed by atoms with Gasteiger partial charge in [0.05, 0.1) is 30.6 Å². The van der Waals surface area contributed by atoms with Crippen molar-refractivity contribution in [3.8, 4) is 0 Å². The zero-order valence-electron chi connectivity index (χ0n) is 25.4. The maximum Gasteiger partial charge on any atom is 0.249 e. The Balaban J connectivity index is 2.16. The predicted molar refractivity (Wildman–Crippen MR) is 153 cm³/mol. The van der Waals surface area contributed by atoms with Gasteiger partial charge in [0.25, 0.3) is 0 Å². The van der Waals surface area contributed by atoms with Gasteiger partial charge >= 0.3 is 0 Å². The van der Waals surface area contributed by atoms with E-state index in [9.17, 15) is 19.5 Å². The number of likely N-dealkylation sites (N-methyl/N-ethyl adjacent to an activating group) is 1. The molecular formula is C31H51N3O5. The largest absolute Gasteiger partial charge is 0.394 e. The van der Waals surface area contributed by atoms with E-state index < -0.39 is 41.2 Å². The number of hydrogen-bond acceptors (Lipinski definition) is 5. The highest BCUT2D eigenvalue weighted by Crippen LogP contribution is 2.59. The Morgan fingerprint density at radius 1 is 1.18 bits per heavy atom. The van der Waals surface area contributed by atoms with E-state index in [1.165, 1.54) is 0 Å². The predicted octanol–water partition coefficient (Wildman–Crippen LogP) is 3.64. The van der Waals surface area contributed by atoms with E-state index in [-0.39, 0.29) is 35.7 Å². The van der Waals surface area contributed by atoms with E-state index in [1.54, 1.807) is 29.0 Å². The summed E-state index contributed by atoms with van der Waals surface area (Å²) in [4.78, 5) is 47.9. The molecule has 2 unspecified atom stereocenters. The van der Waals surface area contributed by atoms with Crippen molar-refractivity contribution in [1.82, 2.24) is 14.7 Å². The molecular weight excluding hydrogens is 494 g/mol. The average molecular weight is 546 g/mol. The fraction of sp³-hybridized carbons (Fsp3) is 0.774. The Morgan fingerprint density at radius 3 is 2.31 bits per heavy atom. The van der Waals surface area contributed by atoms with Crippen molar-refractivity contribution < 1.29 is 24.2 Å². The van der Waals surface area contributed by atoms with Gasteiger partial charge in [-0.15, -0.1) is 13.2 Å². The summed E-state index contributed by atoms with van der Waals surface area (Å²) >= 11 is 0. The molecule has 3 heterocycles. The summed E-state index contributed by atoms with van der Waals surface area (Å²) in [6.07, 6.45) is 5.57. The third-order valence-electron chi connectivity index (χ3n) is 9.15. The lowest BCUT2D eigenvalue weighted by molar-refractivity contribution is -0.157. The van der Waals surface area contributed by atoms with Crippen molar-refractivity contribution in [2.45, 2.75) is 103 Å². The van der Waals surface area contributed by atoms with Crippen molar-refractivity contribution in [2.75, 3.05) is 26.7 Å². The Hall–Kier alpha value is -2.19. The molecule has 3 amide bonds. The zero-order valence-corrected chi connectivity index (χ0v) is 25.4. The van der Waals surface area contributed by atoms with E-state index in [4.69, 9.17) is 4.74 Å². The van der Waals surface area contributed by atoms with Crippen LogP contribution in [0.2, 0.25) is 0 Å². The first-order valence-corrected chi connectivity index (χ1v) is 14.5. The number of nitrogens with zero attached hydrogens (tertiary/aromatic N) is 3. The summed E-state index contributed by atoms with van der Waals surface area (Å²) in [5.41, 5.74) is -1.69.